The zero-order valence-corrected chi connectivity index (χ0v) is 15.5. The van der Waals surface area contributed by atoms with E-state index in [9.17, 15) is 13.5 Å². The summed E-state index contributed by atoms with van der Waals surface area (Å²) >= 11 is 0. The van der Waals surface area contributed by atoms with Gasteiger partial charge < -0.3 is 14.7 Å². The van der Waals surface area contributed by atoms with E-state index in [4.69, 9.17) is 4.74 Å². The van der Waals surface area contributed by atoms with E-state index in [1.807, 2.05) is 11.0 Å². The molecule has 0 amide bonds. The van der Waals surface area contributed by atoms with Gasteiger partial charge in [-0.15, -0.1) is 0 Å². The molecule has 2 saturated heterocycles. The molecule has 2 aliphatic heterocycles. The van der Waals surface area contributed by atoms with Gasteiger partial charge in [0, 0.05) is 26.2 Å². The Bertz CT molecular complexity index is 646. The summed E-state index contributed by atoms with van der Waals surface area (Å²) in [6.45, 7) is 4.97. The minimum atomic E-state index is -3.31. The molecule has 3 rings (SSSR count). The van der Waals surface area contributed by atoms with Crippen LogP contribution < -0.4 is 0 Å². The smallest absolute Gasteiger partial charge is 0.179 e. The van der Waals surface area contributed by atoms with Crippen LogP contribution in [0.4, 0.5) is 0 Å². The Kier molecular flexibility index (Phi) is 6.12. The number of rotatable bonds is 6. The van der Waals surface area contributed by atoms with Gasteiger partial charge in [0.15, 0.2) is 9.84 Å². The SMILES string of the molecule is O=S(=O)(CCN1CCOCC(O)(CN2CCCC2)C1)c1ccccc1. The fraction of sp³-hybridized carbons (Fsp3) is 0.667. The Hall–Kier alpha value is -0.990. The first-order chi connectivity index (χ1) is 12.0. The predicted octanol–water partition coefficient (Wildman–Crippen LogP) is 0.619. The number of aliphatic hydroxyl groups is 1. The van der Waals surface area contributed by atoms with Crippen LogP contribution in [-0.2, 0) is 14.6 Å². The first kappa shape index (κ1) is 18.8. The van der Waals surface area contributed by atoms with Crippen LogP contribution in [0.25, 0.3) is 0 Å². The van der Waals surface area contributed by atoms with Crippen molar-refractivity contribution in [2.24, 2.45) is 0 Å². The van der Waals surface area contributed by atoms with E-state index in [2.05, 4.69) is 4.90 Å². The molecule has 1 unspecified atom stereocenters. The normalized spacial score (nSPS) is 26.6. The van der Waals surface area contributed by atoms with Crippen molar-refractivity contribution in [3.8, 4) is 0 Å². The summed E-state index contributed by atoms with van der Waals surface area (Å²) in [7, 11) is -3.31. The van der Waals surface area contributed by atoms with E-state index in [1.54, 1.807) is 24.3 Å². The maximum atomic E-state index is 12.5. The Morgan fingerprint density at radius 2 is 1.80 bits per heavy atom. The second-order valence-corrected chi connectivity index (χ2v) is 9.28. The molecule has 1 aromatic carbocycles. The van der Waals surface area contributed by atoms with E-state index in [1.165, 1.54) is 12.8 Å². The number of hydrogen-bond acceptors (Lipinski definition) is 6. The highest BCUT2D eigenvalue weighted by Gasteiger charge is 2.35. The fourth-order valence-corrected chi connectivity index (χ4v) is 4.94. The second kappa shape index (κ2) is 8.14. The van der Waals surface area contributed by atoms with E-state index < -0.39 is 15.4 Å². The van der Waals surface area contributed by atoms with Crippen molar-refractivity contribution < 1.29 is 18.3 Å². The number of hydrogen-bond donors (Lipinski definition) is 1. The lowest BCUT2D eigenvalue weighted by molar-refractivity contribution is -0.0539. The van der Waals surface area contributed by atoms with Gasteiger partial charge in [-0.1, -0.05) is 18.2 Å². The molecule has 25 heavy (non-hydrogen) atoms. The van der Waals surface area contributed by atoms with Gasteiger partial charge in [0.1, 0.15) is 5.60 Å². The molecule has 0 radical (unpaired) electrons. The topological polar surface area (TPSA) is 70.1 Å². The molecule has 2 heterocycles. The van der Waals surface area contributed by atoms with Crippen molar-refractivity contribution in [2.45, 2.75) is 23.3 Å². The standard InChI is InChI=1S/C18H28N2O4S/c21-18(14-19-8-4-5-9-19)15-20(10-12-24-16-18)11-13-25(22,23)17-6-2-1-3-7-17/h1-3,6-7,21H,4-5,8-16H2. The summed E-state index contributed by atoms with van der Waals surface area (Å²) in [5, 5.41) is 11.0. The van der Waals surface area contributed by atoms with E-state index >= 15 is 0 Å². The Morgan fingerprint density at radius 1 is 1.08 bits per heavy atom. The highest BCUT2D eigenvalue weighted by molar-refractivity contribution is 7.91. The van der Waals surface area contributed by atoms with Crippen LogP contribution in [0.3, 0.4) is 0 Å². The van der Waals surface area contributed by atoms with Crippen LogP contribution in [0.5, 0.6) is 0 Å². The second-order valence-electron chi connectivity index (χ2n) is 7.17. The number of sulfone groups is 1. The van der Waals surface area contributed by atoms with Crippen LogP contribution in [0.2, 0.25) is 0 Å². The van der Waals surface area contributed by atoms with Crippen molar-refractivity contribution in [2.75, 3.05) is 58.2 Å². The minimum absolute atomic E-state index is 0.0524. The van der Waals surface area contributed by atoms with Gasteiger partial charge in [-0.05, 0) is 38.1 Å². The average Bonchev–Trinajstić information content (AvgIpc) is 3.02. The molecule has 2 aliphatic rings. The van der Waals surface area contributed by atoms with Crippen LogP contribution in [0.15, 0.2) is 35.2 Å². The Balaban J connectivity index is 1.59. The van der Waals surface area contributed by atoms with Crippen molar-refractivity contribution >= 4 is 9.84 Å². The van der Waals surface area contributed by atoms with Gasteiger partial charge in [-0.2, -0.15) is 0 Å². The molecule has 0 spiro atoms. The maximum absolute atomic E-state index is 12.5. The van der Waals surface area contributed by atoms with Crippen molar-refractivity contribution in [3.63, 3.8) is 0 Å². The number of benzene rings is 1. The molecule has 0 aliphatic carbocycles. The fourth-order valence-electron chi connectivity index (χ4n) is 3.64. The summed E-state index contributed by atoms with van der Waals surface area (Å²) in [6.07, 6.45) is 2.35. The molecule has 7 heteroatoms. The van der Waals surface area contributed by atoms with Gasteiger partial charge in [0.25, 0.3) is 0 Å². The summed E-state index contributed by atoms with van der Waals surface area (Å²) in [5.74, 6) is 0.0524. The highest BCUT2D eigenvalue weighted by Crippen LogP contribution is 2.18. The van der Waals surface area contributed by atoms with E-state index in [0.717, 1.165) is 13.1 Å². The Morgan fingerprint density at radius 3 is 2.52 bits per heavy atom. The van der Waals surface area contributed by atoms with Gasteiger partial charge in [0.2, 0.25) is 0 Å². The van der Waals surface area contributed by atoms with Gasteiger partial charge in [-0.3, -0.25) is 4.90 Å². The van der Waals surface area contributed by atoms with Crippen LogP contribution in [-0.4, -0.2) is 87.2 Å². The van der Waals surface area contributed by atoms with E-state index in [0.29, 0.717) is 44.3 Å². The minimum Gasteiger partial charge on any atom is -0.385 e. The molecule has 0 aromatic heterocycles. The summed E-state index contributed by atoms with van der Waals surface area (Å²) in [5.41, 5.74) is -0.933. The predicted molar refractivity (Wildman–Crippen MR) is 96.4 cm³/mol. The number of nitrogens with zero attached hydrogens (tertiary/aromatic N) is 2. The Labute approximate surface area is 150 Å². The molecule has 1 N–H and O–H groups in total. The zero-order valence-electron chi connectivity index (χ0n) is 14.6. The average molecular weight is 368 g/mol. The van der Waals surface area contributed by atoms with Crippen LogP contribution in [0.1, 0.15) is 12.8 Å². The molecular formula is C18H28N2O4S. The largest absolute Gasteiger partial charge is 0.385 e. The summed E-state index contributed by atoms with van der Waals surface area (Å²) < 4.78 is 30.5. The first-order valence-electron chi connectivity index (χ1n) is 9.00. The van der Waals surface area contributed by atoms with Gasteiger partial charge in [-0.25, -0.2) is 8.42 Å². The molecule has 2 fully saturated rings. The molecule has 6 nitrogen and oxygen atoms in total. The lowest BCUT2D eigenvalue weighted by atomic mass is 10.0. The molecule has 0 bridgehead atoms. The van der Waals surface area contributed by atoms with Crippen molar-refractivity contribution in [1.29, 1.82) is 0 Å². The van der Waals surface area contributed by atoms with E-state index in [-0.39, 0.29) is 5.75 Å². The third kappa shape index (κ3) is 5.24. The van der Waals surface area contributed by atoms with Crippen molar-refractivity contribution in [3.05, 3.63) is 30.3 Å². The molecule has 1 aromatic rings. The third-order valence-corrected chi connectivity index (χ3v) is 6.65. The lowest BCUT2D eigenvalue weighted by Crippen LogP contribution is -2.52. The number of β-amino-alcohol motifs (C(OH)–C–C–N with tert-alkyl or cyclic N) is 1. The van der Waals surface area contributed by atoms with Gasteiger partial charge >= 0.3 is 0 Å². The van der Waals surface area contributed by atoms with Gasteiger partial charge in [0.05, 0.1) is 23.9 Å². The lowest BCUT2D eigenvalue weighted by Gasteiger charge is -2.34. The molecular weight excluding hydrogens is 340 g/mol. The highest BCUT2D eigenvalue weighted by atomic mass is 32.2. The first-order valence-corrected chi connectivity index (χ1v) is 10.6. The summed E-state index contributed by atoms with van der Waals surface area (Å²) in [4.78, 5) is 4.64. The molecule has 0 saturated carbocycles. The maximum Gasteiger partial charge on any atom is 0.179 e. The monoisotopic (exact) mass is 368 g/mol. The zero-order chi connectivity index (χ0) is 17.8. The van der Waals surface area contributed by atoms with Crippen molar-refractivity contribution in [1.82, 2.24) is 9.80 Å². The molecule has 1 atom stereocenters. The number of likely N-dealkylation sites (tertiary alicyclic amines) is 1. The molecule has 140 valence electrons. The third-order valence-electron chi connectivity index (χ3n) is 4.94. The summed E-state index contributed by atoms with van der Waals surface area (Å²) in [6, 6.07) is 8.54. The van der Waals surface area contributed by atoms with Crippen LogP contribution >= 0.6 is 0 Å². The quantitative estimate of drug-likeness (QED) is 0.794. The van der Waals surface area contributed by atoms with Crippen LogP contribution in [0, 0.1) is 0 Å². The number of ether oxygens (including phenoxy) is 1.